The number of hydrogen-bond acceptors (Lipinski definition) is 5. The minimum Gasteiger partial charge on any atom is -0.493 e. The van der Waals surface area contributed by atoms with E-state index in [0.717, 1.165) is 24.2 Å². The van der Waals surface area contributed by atoms with E-state index in [2.05, 4.69) is 10.2 Å². The van der Waals surface area contributed by atoms with Gasteiger partial charge in [0.05, 0.1) is 27.4 Å². The summed E-state index contributed by atoms with van der Waals surface area (Å²) >= 11 is 12.0. The van der Waals surface area contributed by atoms with Crippen LogP contribution in [0.5, 0.6) is 23.0 Å². The molecule has 0 aliphatic carbocycles. The summed E-state index contributed by atoms with van der Waals surface area (Å²) in [5, 5.41) is 4.56. The fourth-order valence-corrected chi connectivity index (χ4v) is 4.65. The average Bonchev–Trinajstić information content (AvgIpc) is 2.86. The third-order valence-corrected chi connectivity index (χ3v) is 6.38. The highest BCUT2D eigenvalue weighted by Crippen LogP contribution is 2.39. The molecule has 8 heteroatoms. The van der Waals surface area contributed by atoms with Gasteiger partial charge in [0.15, 0.2) is 28.1 Å². The summed E-state index contributed by atoms with van der Waals surface area (Å²) in [4.78, 5) is 2.14. The zero-order valence-electron chi connectivity index (χ0n) is 19.3. The number of thiocarbonyl (C=S) groups is 1. The molecular weight excluding hydrogens is 472 g/mol. The summed E-state index contributed by atoms with van der Waals surface area (Å²) in [6, 6.07) is 19.0. The fourth-order valence-electron chi connectivity index (χ4n) is 4.12. The van der Waals surface area contributed by atoms with Crippen LogP contribution in [0.2, 0.25) is 5.02 Å². The van der Waals surface area contributed by atoms with Crippen molar-refractivity contribution in [3.05, 3.63) is 76.8 Å². The van der Waals surface area contributed by atoms with Crippen LogP contribution in [0, 0.1) is 0 Å². The van der Waals surface area contributed by atoms with Gasteiger partial charge in [0.25, 0.3) is 0 Å². The molecule has 0 saturated heterocycles. The van der Waals surface area contributed by atoms with Crippen LogP contribution in [-0.4, -0.2) is 44.5 Å². The molecule has 1 atom stereocenters. The van der Waals surface area contributed by atoms with E-state index < -0.39 is 0 Å². The van der Waals surface area contributed by atoms with Gasteiger partial charge in [-0.3, -0.25) is 0 Å². The standard InChI is InChI=1S/C26H27ClN2O4S/c1-30-22-9-4-5-10-23(22)33-16-21-20-15-25(32-3)24(31-2)13-17(20)11-12-29(21)26(34)28-19-8-6-7-18(27)14-19/h4-10,13-15,21H,11-12,16H2,1-3H3,(H,28,34)/t21-/m0/s1. The van der Waals surface area contributed by atoms with Gasteiger partial charge in [-0.1, -0.05) is 29.8 Å². The molecule has 0 spiro atoms. The molecule has 0 amide bonds. The van der Waals surface area contributed by atoms with E-state index in [1.165, 1.54) is 5.56 Å². The zero-order chi connectivity index (χ0) is 24.1. The maximum atomic E-state index is 6.26. The van der Waals surface area contributed by atoms with Crippen molar-refractivity contribution >= 4 is 34.6 Å². The summed E-state index contributed by atoms with van der Waals surface area (Å²) < 4.78 is 22.8. The maximum absolute atomic E-state index is 6.26. The van der Waals surface area contributed by atoms with E-state index in [-0.39, 0.29) is 6.04 Å². The first kappa shape index (κ1) is 24.0. The Labute approximate surface area is 210 Å². The van der Waals surface area contributed by atoms with Crippen LogP contribution >= 0.6 is 23.8 Å². The van der Waals surface area contributed by atoms with Gasteiger partial charge in [0, 0.05) is 17.3 Å². The van der Waals surface area contributed by atoms with Gasteiger partial charge in [0.1, 0.15) is 6.61 Å². The van der Waals surface area contributed by atoms with Gasteiger partial charge < -0.3 is 29.2 Å². The summed E-state index contributed by atoms with van der Waals surface area (Å²) in [6.45, 7) is 1.08. The minimum absolute atomic E-state index is 0.160. The van der Waals surface area contributed by atoms with Gasteiger partial charge in [-0.25, -0.2) is 0 Å². The number of halogens is 1. The molecule has 0 aromatic heterocycles. The summed E-state index contributed by atoms with van der Waals surface area (Å²) in [6.07, 6.45) is 0.804. The highest BCUT2D eigenvalue weighted by molar-refractivity contribution is 7.80. The van der Waals surface area contributed by atoms with Crippen molar-refractivity contribution in [3.63, 3.8) is 0 Å². The molecule has 1 heterocycles. The first-order chi connectivity index (χ1) is 16.5. The number of para-hydroxylation sites is 2. The highest BCUT2D eigenvalue weighted by atomic mass is 35.5. The van der Waals surface area contributed by atoms with Crippen LogP contribution < -0.4 is 24.3 Å². The molecular formula is C26H27ClN2O4S. The third kappa shape index (κ3) is 5.16. The Morgan fingerprint density at radius 3 is 2.35 bits per heavy atom. The predicted molar refractivity (Wildman–Crippen MR) is 139 cm³/mol. The highest BCUT2D eigenvalue weighted by Gasteiger charge is 2.31. The van der Waals surface area contributed by atoms with Crippen LogP contribution in [-0.2, 0) is 6.42 Å². The van der Waals surface area contributed by atoms with Crippen molar-refractivity contribution in [3.8, 4) is 23.0 Å². The lowest BCUT2D eigenvalue weighted by molar-refractivity contribution is 0.185. The number of anilines is 1. The fraction of sp³-hybridized carbons (Fsp3) is 0.269. The molecule has 1 N–H and O–H groups in total. The molecule has 6 nitrogen and oxygen atoms in total. The van der Waals surface area contributed by atoms with E-state index in [0.29, 0.717) is 39.7 Å². The molecule has 3 aromatic rings. The lowest BCUT2D eigenvalue weighted by atomic mass is 9.92. The van der Waals surface area contributed by atoms with Crippen molar-refractivity contribution in [2.75, 3.05) is 39.8 Å². The number of rotatable bonds is 7. The van der Waals surface area contributed by atoms with Gasteiger partial charge in [-0.05, 0) is 72.2 Å². The van der Waals surface area contributed by atoms with Gasteiger partial charge >= 0.3 is 0 Å². The number of nitrogens with one attached hydrogen (secondary N) is 1. The van der Waals surface area contributed by atoms with Crippen LogP contribution in [0.4, 0.5) is 5.69 Å². The normalized spacial score (nSPS) is 14.7. The number of methoxy groups -OCH3 is 3. The van der Waals surface area contributed by atoms with E-state index in [1.54, 1.807) is 21.3 Å². The Morgan fingerprint density at radius 1 is 0.941 bits per heavy atom. The van der Waals surface area contributed by atoms with Crippen LogP contribution in [0.15, 0.2) is 60.7 Å². The molecule has 178 valence electrons. The number of ether oxygens (including phenoxy) is 4. The third-order valence-electron chi connectivity index (χ3n) is 5.81. The van der Waals surface area contributed by atoms with Crippen LogP contribution in [0.25, 0.3) is 0 Å². The SMILES string of the molecule is COc1cc2c(cc1OC)[C@H](COc1ccccc1OC)N(C(=S)Nc1cccc(Cl)c1)CC2. The van der Waals surface area contributed by atoms with E-state index in [4.69, 9.17) is 42.8 Å². The quantitative estimate of drug-likeness (QED) is 0.417. The summed E-state index contributed by atoms with van der Waals surface area (Å²) in [5.41, 5.74) is 3.09. The average molecular weight is 499 g/mol. The molecule has 0 unspecified atom stereocenters. The van der Waals surface area contributed by atoms with Gasteiger partial charge in [-0.15, -0.1) is 0 Å². The lowest BCUT2D eigenvalue weighted by Gasteiger charge is -2.39. The van der Waals surface area contributed by atoms with Crippen molar-refractivity contribution in [2.24, 2.45) is 0 Å². The van der Waals surface area contributed by atoms with E-state index >= 15 is 0 Å². The Balaban J connectivity index is 1.66. The first-order valence-electron chi connectivity index (χ1n) is 10.9. The summed E-state index contributed by atoms with van der Waals surface area (Å²) in [7, 11) is 4.91. The predicted octanol–water partition coefficient (Wildman–Crippen LogP) is 5.74. The molecule has 0 fully saturated rings. The molecule has 1 aliphatic rings. The maximum Gasteiger partial charge on any atom is 0.174 e. The van der Waals surface area contributed by atoms with Crippen molar-refractivity contribution in [1.29, 1.82) is 0 Å². The van der Waals surface area contributed by atoms with Crippen molar-refractivity contribution in [2.45, 2.75) is 12.5 Å². The molecule has 0 bridgehead atoms. The molecule has 4 rings (SSSR count). The molecule has 34 heavy (non-hydrogen) atoms. The van der Waals surface area contributed by atoms with Crippen molar-refractivity contribution < 1.29 is 18.9 Å². The van der Waals surface area contributed by atoms with E-state index in [9.17, 15) is 0 Å². The first-order valence-corrected chi connectivity index (χ1v) is 11.7. The zero-order valence-corrected chi connectivity index (χ0v) is 20.9. The molecule has 1 aliphatic heterocycles. The second-order valence-corrected chi connectivity index (χ2v) is 8.59. The smallest absolute Gasteiger partial charge is 0.174 e. The number of benzene rings is 3. The van der Waals surface area contributed by atoms with Crippen LogP contribution in [0.3, 0.4) is 0 Å². The summed E-state index contributed by atoms with van der Waals surface area (Å²) in [5.74, 6) is 2.72. The second kappa shape index (κ2) is 10.8. The van der Waals surface area contributed by atoms with Crippen LogP contribution in [0.1, 0.15) is 17.2 Å². The van der Waals surface area contributed by atoms with Gasteiger partial charge in [-0.2, -0.15) is 0 Å². The Hall–Kier alpha value is -3.16. The van der Waals surface area contributed by atoms with Crippen molar-refractivity contribution in [1.82, 2.24) is 4.90 Å². The second-order valence-electron chi connectivity index (χ2n) is 7.77. The number of fused-ring (bicyclic) bond motifs is 1. The minimum atomic E-state index is -0.160. The molecule has 3 aromatic carbocycles. The molecule has 0 radical (unpaired) electrons. The number of hydrogen-bond donors (Lipinski definition) is 1. The van der Waals surface area contributed by atoms with E-state index in [1.807, 2.05) is 60.7 Å². The topological polar surface area (TPSA) is 52.2 Å². The number of nitrogens with zero attached hydrogens (tertiary/aromatic N) is 1. The Bertz CT molecular complexity index is 1170. The monoisotopic (exact) mass is 498 g/mol. The Kier molecular flexibility index (Phi) is 7.65. The molecule has 0 saturated carbocycles. The van der Waals surface area contributed by atoms with Gasteiger partial charge in [0.2, 0.25) is 0 Å². The lowest BCUT2D eigenvalue weighted by Crippen LogP contribution is -2.44. The largest absolute Gasteiger partial charge is 0.493 e. The Morgan fingerprint density at radius 2 is 1.65 bits per heavy atom.